The smallest absolute Gasteiger partial charge is 0.243 e. The molecule has 1 fully saturated rings. The van der Waals surface area contributed by atoms with Crippen LogP contribution < -0.4 is 10.2 Å². The number of rotatable bonds is 10. The molecule has 180 valence electrons. The molecule has 0 bridgehead atoms. The molecule has 1 amide bonds. The first-order chi connectivity index (χ1) is 15.8. The number of sulfonamides is 1. The number of hydrogen-bond donors (Lipinski definition) is 1. The summed E-state index contributed by atoms with van der Waals surface area (Å²) in [5.74, 6) is 0.872. The van der Waals surface area contributed by atoms with Gasteiger partial charge in [-0.3, -0.25) is 4.79 Å². The molecular weight excluding hydrogens is 458 g/mol. The lowest BCUT2D eigenvalue weighted by molar-refractivity contribution is -0.113. The molecular formula is C24H33N3O4S2. The predicted molar refractivity (Wildman–Crippen MR) is 136 cm³/mol. The number of thioether (sulfide) groups is 1. The molecule has 0 unspecified atom stereocenters. The lowest BCUT2D eigenvalue weighted by Crippen LogP contribution is -2.40. The highest BCUT2D eigenvalue weighted by Gasteiger charge is 2.27. The van der Waals surface area contributed by atoms with Crippen LogP contribution in [0.3, 0.4) is 0 Å². The van der Waals surface area contributed by atoms with Crippen molar-refractivity contribution in [2.24, 2.45) is 0 Å². The second-order valence-corrected chi connectivity index (χ2v) is 10.8. The summed E-state index contributed by atoms with van der Waals surface area (Å²) in [6, 6.07) is 13.2. The summed E-state index contributed by atoms with van der Waals surface area (Å²) < 4.78 is 33.0. The molecule has 1 heterocycles. The summed E-state index contributed by atoms with van der Waals surface area (Å²) in [6.07, 6.45) is 0. The van der Waals surface area contributed by atoms with Crippen LogP contribution >= 0.6 is 11.8 Å². The minimum atomic E-state index is -3.65. The molecule has 0 atom stereocenters. The van der Waals surface area contributed by atoms with Crippen LogP contribution in [0.1, 0.15) is 25.0 Å². The zero-order valence-corrected chi connectivity index (χ0v) is 21.2. The largest absolute Gasteiger partial charge is 0.379 e. The Morgan fingerprint density at radius 2 is 1.85 bits per heavy atom. The van der Waals surface area contributed by atoms with Crippen LogP contribution in [0.15, 0.2) is 47.4 Å². The molecule has 2 aromatic rings. The molecule has 9 heteroatoms. The number of carbonyl (C=O) groups excluding carboxylic acids is 1. The number of anilines is 2. The van der Waals surface area contributed by atoms with E-state index in [0.29, 0.717) is 32.0 Å². The summed E-state index contributed by atoms with van der Waals surface area (Å²) >= 11 is 1.53. The van der Waals surface area contributed by atoms with E-state index in [0.717, 1.165) is 24.5 Å². The van der Waals surface area contributed by atoms with Crippen LogP contribution in [0.5, 0.6) is 0 Å². The molecule has 1 N–H and O–H groups in total. The van der Waals surface area contributed by atoms with Crippen LogP contribution in [0.25, 0.3) is 0 Å². The van der Waals surface area contributed by atoms with Crippen molar-refractivity contribution < 1.29 is 17.9 Å². The monoisotopic (exact) mass is 491 g/mol. The van der Waals surface area contributed by atoms with Gasteiger partial charge in [-0.05, 0) is 44.5 Å². The minimum Gasteiger partial charge on any atom is -0.379 e. The molecule has 1 aliphatic rings. The van der Waals surface area contributed by atoms with E-state index in [1.54, 1.807) is 18.2 Å². The van der Waals surface area contributed by atoms with Gasteiger partial charge in [0.1, 0.15) is 0 Å². The molecule has 3 rings (SSSR count). The number of morpholine rings is 1. The van der Waals surface area contributed by atoms with Crippen molar-refractivity contribution in [3.63, 3.8) is 0 Å². The average molecular weight is 492 g/mol. The second kappa shape index (κ2) is 11.9. The van der Waals surface area contributed by atoms with E-state index in [9.17, 15) is 13.2 Å². The number of nitrogens with one attached hydrogen (secondary N) is 1. The highest BCUT2D eigenvalue weighted by molar-refractivity contribution is 7.99. The fourth-order valence-corrected chi connectivity index (χ4v) is 6.01. The Morgan fingerprint density at radius 3 is 2.52 bits per heavy atom. The molecule has 1 aliphatic heterocycles. The maximum Gasteiger partial charge on any atom is 0.243 e. The first-order valence-electron chi connectivity index (χ1n) is 11.2. The Hall–Kier alpha value is -2.07. The third kappa shape index (κ3) is 6.72. The van der Waals surface area contributed by atoms with Gasteiger partial charge in [-0.2, -0.15) is 4.31 Å². The third-order valence-corrected chi connectivity index (χ3v) is 8.44. The Labute approximate surface area is 201 Å². The Balaban J connectivity index is 1.77. The molecule has 7 nitrogen and oxygen atoms in total. The number of carbonyl (C=O) groups is 1. The van der Waals surface area contributed by atoms with Crippen LogP contribution in [0, 0.1) is 6.92 Å². The van der Waals surface area contributed by atoms with E-state index in [4.69, 9.17) is 4.74 Å². The first-order valence-corrected chi connectivity index (χ1v) is 13.8. The highest BCUT2D eigenvalue weighted by Crippen LogP contribution is 2.31. The minimum absolute atomic E-state index is 0.151. The molecule has 0 spiro atoms. The van der Waals surface area contributed by atoms with Crippen LogP contribution in [0.4, 0.5) is 11.4 Å². The number of hydrogen-bond acceptors (Lipinski definition) is 6. The Bertz CT molecular complexity index is 1050. The van der Waals surface area contributed by atoms with Gasteiger partial charge in [-0.15, -0.1) is 11.8 Å². The van der Waals surface area contributed by atoms with Crippen molar-refractivity contribution >= 4 is 39.1 Å². The number of benzene rings is 2. The van der Waals surface area contributed by atoms with Gasteiger partial charge in [0.05, 0.1) is 35.2 Å². The quantitative estimate of drug-likeness (QED) is 0.546. The Kier molecular flexibility index (Phi) is 9.19. The van der Waals surface area contributed by atoms with Crippen LogP contribution in [-0.4, -0.2) is 63.8 Å². The van der Waals surface area contributed by atoms with E-state index in [-0.39, 0.29) is 16.6 Å². The zero-order chi connectivity index (χ0) is 23.8. The third-order valence-electron chi connectivity index (χ3n) is 5.54. The Morgan fingerprint density at radius 1 is 1.12 bits per heavy atom. The summed E-state index contributed by atoms with van der Waals surface area (Å²) in [4.78, 5) is 15.0. The van der Waals surface area contributed by atoms with Crippen LogP contribution in [-0.2, 0) is 25.3 Å². The van der Waals surface area contributed by atoms with Gasteiger partial charge < -0.3 is 15.0 Å². The number of nitrogens with zero attached hydrogens (tertiary/aromatic N) is 2. The predicted octanol–water partition coefficient (Wildman–Crippen LogP) is 3.73. The molecule has 2 aromatic carbocycles. The maximum atomic E-state index is 13.1. The van der Waals surface area contributed by atoms with Gasteiger partial charge in [-0.25, -0.2) is 8.42 Å². The standard InChI is InChI=1S/C24H33N3O4S2/c1-4-26(5-2)23-10-9-21(33(29,30)27-11-13-31-14-12-27)16-22(23)25-24(28)18-32-17-20-8-6-7-19(3)15-20/h6-10,15-16H,4-5,11-14,17-18H2,1-3H3,(H,25,28). The molecule has 0 saturated carbocycles. The summed E-state index contributed by atoms with van der Waals surface area (Å²) in [7, 11) is -3.65. The van der Waals surface area contributed by atoms with Crippen molar-refractivity contribution in [2.45, 2.75) is 31.4 Å². The summed E-state index contributed by atoms with van der Waals surface area (Å²) in [5, 5.41) is 2.96. The average Bonchev–Trinajstić information content (AvgIpc) is 2.81. The van der Waals surface area contributed by atoms with Gasteiger partial charge in [0.2, 0.25) is 15.9 Å². The number of aryl methyl sites for hydroxylation is 1. The second-order valence-electron chi connectivity index (χ2n) is 7.90. The van der Waals surface area contributed by atoms with Crippen molar-refractivity contribution in [3.8, 4) is 0 Å². The first kappa shape index (κ1) is 25.6. The van der Waals surface area contributed by atoms with Gasteiger partial charge >= 0.3 is 0 Å². The van der Waals surface area contributed by atoms with Crippen molar-refractivity contribution in [1.29, 1.82) is 0 Å². The van der Waals surface area contributed by atoms with Crippen molar-refractivity contribution in [1.82, 2.24) is 4.31 Å². The fourth-order valence-electron chi connectivity index (χ4n) is 3.80. The highest BCUT2D eigenvalue weighted by atomic mass is 32.2. The maximum absolute atomic E-state index is 13.1. The van der Waals surface area contributed by atoms with E-state index in [2.05, 4.69) is 22.3 Å². The molecule has 0 radical (unpaired) electrons. The normalized spacial score (nSPS) is 14.8. The lowest BCUT2D eigenvalue weighted by Gasteiger charge is -2.28. The summed E-state index contributed by atoms with van der Waals surface area (Å²) in [6.45, 7) is 9.05. The molecule has 33 heavy (non-hydrogen) atoms. The van der Waals surface area contributed by atoms with Crippen molar-refractivity contribution in [3.05, 3.63) is 53.6 Å². The fraction of sp³-hybridized carbons (Fsp3) is 0.458. The van der Waals surface area contributed by atoms with Gasteiger partial charge in [0.15, 0.2) is 0 Å². The van der Waals surface area contributed by atoms with Crippen LogP contribution in [0.2, 0.25) is 0 Å². The SMILES string of the molecule is CCN(CC)c1ccc(S(=O)(=O)N2CCOCC2)cc1NC(=O)CSCc1cccc(C)c1. The van der Waals surface area contributed by atoms with E-state index in [1.807, 2.05) is 32.9 Å². The summed E-state index contributed by atoms with van der Waals surface area (Å²) in [5.41, 5.74) is 3.71. The van der Waals surface area contributed by atoms with Gasteiger partial charge in [-0.1, -0.05) is 29.8 Å². The van der Waals surface area contributed by atoms with Crippen molar-refractivity contribution in [2.75, 3.05) is 55.4 Å². The van der Waals surface area contributed by atoms with E-state index < -0.39 is 10.0 Å². The lowest BCUT2D eigenvalue weighted by atomic mass is 10.2. The van der Waals surface area contributed by atoms with Gasteiger partial charge in [0.25, 0.3) is 0 Å². The van der Waals surface area contributed by atoms with E-state index >= 15 is 0 Å². The van der Waals surface area contributed by atoms with Gasteiger partial charge in [0, 0.05) is 31.9 Å². The number of amides is 1. The molecule has 0 aliphatic carbocycles. The zero-order valence-electron chi connectivity index (χ0n) is 19.5. The van der Waals surface area contributed by atoms with E-state index in [1.165, 1.54) is 27.2 Å². The molecule has 0 aromatic heterocycles. The number of ether oxygens (including phenoxy) is 1. The molecule has 1 saturated heterocycles. The topological polar surface area (TPSA) is 79.0 Å².